The fourth-order valence-corrected chi connectivity index (χ4v) is 2.90. The van der Waals surface area contributed by atoms with Crippen LogP contribution in [0, 0.1) is 5.92 Å². The first-order valence-corrected chi connectivity index (χ1v) is 8.58. The van der Waals surface area contributed by atoms with E-state index in [1.807, 2.05) is 0 Å². The summed E-state index contributed by atoms with van der Waals surface area (Å²) in [6.07, 6.45) is 0.876. The zero-order chi connectivity index (χ0) is 18.0. The average molecular weight is 375 g/mol. The highest BCUT2D eigenvalue weighted by atomic mass is 32.1. The molecule has 1 aliphatic carbocycles. The Bertz CT molecular complexity index is 682. The van der Waals surface area contributed by atoms with Crippen LogP contribution in [0.4, 0.5) is 18.3 Å². The third kappa shape index (κ3) is 4.75. The quantitative estimate of drug-likeness (QED) is 0.652. The molecule has 2 atom stereocenters. The summed E-state index contributed by atoms with van der Waals surface area (Å²) in [6, 6.07) is -0.452. The minimum Gasteiger partial charge on any atom is -0.348 e. The Morgan fingerprint density at radius 1 is 1.28 bits per heavy atom. The first kappa shape index (κ1) is 17.8. The molecular formula is C14H16F3N5O2S. The van der Waals surface area contributed by atoms with Crippen molar-refractivity contribution in [3.8, 4) is 0 Å². The summed E-state index contributed by atoms with van der Waals surface area (Å²) in [4.78, 5) is 23.8. The number of nitrogens with zero attached hydrogens (tertiary/aromatic N) is 2. The van der Waals surface area contributed by atoms with Crippen molar-refractivity contribution in [3.63, 3.8) is 0 Å². The molecule has 0 radical (unpaired) electrons. The van der Waals surface area contributed by atoms with Crippen molar-refractivity contribution in [1.82, 2.24) is 20.8 Å². The number of anilines is 1. The Labute approximate surface area is 145 Å². The number of hydrogen-bond acceptors (Lipinski definition) is 6. The molecule has 2 heterocycles. The molecule has 0 spiro atoms. The molecule has 7 nitrogen and oxygen atoms in total. The lowest BCUT2D eigenvalue weighted by Gasteiger charge is -2.28. The Morgan fingerprint density at radius 2 is 2.00 bits per heavy atom. The van der Waals surface area contributed by atoms with E-state index in [9.17, 15) is 22.8 Å². The molecular weight excluding hydrogens is 359 g/mol. The zero-order valence-corrected chi connectivity index (χ0v) is 13.8. The molecule has 11 heteroatoms. The van der Waals surface area contributed by atoms with E-state index in [2.05, 4.69) is 26.1 Å². The largest absolute Gasteiger partial charge is 0.445 e. The Hall–Kier alpha value is -2.01. The third-order valence-corrected chi connectivity index (χ3v) is 4.82. The Balaban J connectivity index is 1.54. The first-order valence-electron chi connectivity index (χ1n) is 7.76. The van der Waals surface area contributed by atoms with Crippen LogP contribution in [0.3, 0.4) is 0 Å². The van der Waals surface area contributed by atoms with Crippen molar-refractivity contribution in [2.24, 2.45) is 5.92 Å². The van der Waals surface area contributed by atoms with Gasteiger partial charge in [-0.05, 0) is 31.7 Å². The van der Waals surface area contributed by atoms with Crippen molar-refractivity contribution >= 4 is 28.3 Å². The van der Waals surface area contributed by atoms with Gasteiger partial charge in [0.1, 0.15) is 0 Å². The molecule has 2 aliphatic rings. The minimum atomic E-state index is -4.59. The fraction of sp³-hybridized carbons (Fsp3) is 0.571. The van der Waals surface area contributed by atoms with Gasteiger partial charge in [-0.15, -0.1) is 10.2 Å². The summed E-state index contributed by atoms with van der Waals surface area (Å²) in [5.41, 5.74) is 0. The molecule has 1 aromatic rings. The van der Waals surface area contributed by atoms with Gasteiger partial charge >= 0.3 is 6.18 Å². The summed E-state index contributed by atoms with van der Waals surface area (Å²) >= 11 is 0.255. The standard InChI is InChI=1S/C14H16F3N5O2S/c15-14(16,17)12-21-22-13(25-12)20-10(23)4-3-8(7-1-2-7)19-11(24)9-5-6-18-9/h3-4,7-9,18H,1-2,5-6H2,(H,19,24)(H,20,22,23)/t8-,9+/m1/s1. The second-order valence-corrected chi connectivity index (χ2v) is 6.90. The van der Waals surface area contributed by atoms with Crippen LogP contribution >= 0.6 is 11.3 Å². The van der Waals surface area contributed by atoms with Crippen molar-refractivity contribution < 1.29 is 22.8 Å². The van der Waals surface area contributed by atoms with E-state index in [-0.39, 0.29) is 40.4 Å². The van der Waals surface area contributed by atoms with E-state index in [0.29, 0.717) is 0 Å². The summed E-state index contributed by atoms with van der Waals surface area (Å²) in [6.45, 7) is 0.812. The molecule has 1 aliphatic heterocycles. The lowest BCUT2D eigenvalue weighted by Crippen LogP contribution is -2.55. The second kappa shape index (κ2) is 7.08. The summed E-state index contributed by atoms with van der Waals surface area (Å²) in [5.74, 6) is -0.440. The van der Waals surface area contributed by atoms with E-state index in [0.717, 1.165) is 25.8 Å². The van der Waals surface area contributed by atoms with Crippen LogP contribution in [-0.2, 0) is 15.8 Å². The van der Waals surface area contributed by atoms with Crippen LogP contribution in [0.15, 0.2) is 12.2 Å². The zero-order valence-electron chi connectivity index (χ0n) is 13.0. The second-order valence-electron chi connectivity index (χ2n) is 5.93. The lowest BCUT2D eigenvalue weighted by molar-refractivity contribution is -0.138. The summed E-state index contributed by atoms with van der Waals surface area (Å²) < 4.78 is 37.3. The van der Waals surface area contributed by atoms with E-state index >= 15 is 0 Å². The smallest absolute Gasteiger partial charge is 0.348 e. The van der Waals surface area contributed by atoms with Gasteiger partial charge in [0, 0.05) is 6.08 Å². The molecule has 3 N–H and O–H groups in total. The summed E-state index contributed by atoms with van der Waals surface area (Å²) in [5, 5.41) is 13.1. The number of carbonyl (C=O) groups is 2. The van der Waals surface area contributed by atoms with Gasteiger partial charge in [-0.25, -0.2) is 0 Å². The van der Waals surface area contributed by atoms with Crippen molar-refractivity contribution in [2.75, 3.05) is 11.9 Å². The molecule has 3 rings (SSSR count). The van der Waals surface area contributed by atoms with Crippen molar-refractivity contribution in [2.45, 2.75) is 37.5 Å². The van der Waals surface area contributed by atoms with Crippen molar-refractivity contribution in [3.05, 3.63) is 17.2 Å². The van der Waals surface area contributed by atoms with Crippen LogP contribution in [-0.4, -0.2) is 40.6 Å². The van der Waals surface area contributed by atoms with Gasteiger partial charge in [0.15, 0.2) is 0 Å². The molecule has 1 saturated carbocycles. The van der Waals surface area contributed by atoms with Crippen LogP contribution in [0.1, 0.15) is 24.3 Å². The van der Waals surface area contributed by atoms with Crippen LogP contribution < -0.4 is 16.0 Å². The number of aromatic nitrogens is 2. The maximum atomic E-state index is 12.4. The molecule has 2 fully saturated rings. The number of nitrogens with one attached hydrogen (secondary N) is 3. The highest BCUT2D eigenvalue weighted by Gasteiger charge is 2.36. The molecule has 25 heavy (non-hydrogen) atoms. The van der Waals surface area contributed by atoms with E-state index < -0.39 is 17.1 Å². The third-order valence-electron chi connectivity index (χ3n) is 3.93. The van der Waals surface area contributed by atoms with Crippen molar-refractivity contribution in [1.29, 1.82) is 0 Å². The maximum absolute atomic E-state index is 12.4. The van der Waals surface area contributed by atoms with E-state index in [1.165, 1.54) is 6.08 Å². The van der Waals surface area contributed by atoms with E-state index in [1.54, 1.807) is 6.08 Å². The van der Waals surface area contributed by atoms with Gasteiger partial charge in [0.05, 0.1) is 12.1 Å². The molecule has 136 valence electrons. The molecule has 1 saturated heterocycles. The minimum absolute atomic E-state index is 0.104. The topological polar surface area (TPSA) is 96.0 Å². The molecule has 2 amide bonds. The molecule has 0 bridgehead atoms. The molecule has 0 unspecified atom stereocenters. The Kier molecular flexibility index (Phi) is 5.04. The maximum Gasteiger partial charge on any atom is 0.445 e. The highest BCUT2D eigenvalue weighted by Crippen LogP contribution is 2.34. The van der Waals surface area contributed by atoms with Crippen LogP contribution in [0.25, 0.3) is 0 Å². The summed E-state index contributed by atoms with van der Waals surface area (Å²) in [7, 11) is 0. The van der Waals surface area contributed by atoms with Gasteiger partial charge in [-0.3, -0.25) is 14.9 Å². The number of hydrogen-bond donors (Lipinski definition) is 3. The molecule has 0 aromatic carbocycles. The average Bonchev–Trinajstić information content (AvgIpc) is 3.19. The lowest BCUT2D eigenvalue weighted by atomic mass is 10.1. The highest BCUT2D eigenvalue weighted by molar-refractivity contribution is 7.15. The number of carbonyl (C=O) groups excluding carboxylic acids is 2. The predicted molar refractivity (Wildman–Crippen MR) is 83.7 cm³/mol. The van der Waals surface area contributed by atoms with Gasteiger partial charge in [-0.2, -0.15) is 13.2 Å². The van der Waals surface area contributed by atoms with Crippen LogP contribution in [0.5, 0.6) is 0 Å². The van der Waals surface area contributed by atoms with E-state index in [4.69, 9.17) is 0 Å². The van der Waals surface area contributed by atoms with Gasteiger partial charge in [0.25, 0.3) is 0 Å². The Morgan fingerprint density at radius 3 is 2.52 bits per heavy atom. The van der Waals surface area contributed by atoms with Gasteiger partial charge in [-0.1, -0.05) is 17.4 Å². The monoisotopic (exact) mass is 375 g/mol. The first-order chi connectivity index (χ1) is 11.8. The SMILES string of the molecule is O=C(C=C[C@@H](NC(=O)[C@@H]1CCN1)C1CC1)Nc1nnc(C(F)(F)F)s1. The molecule has 1 aromatic heterocycles. The normalized spacial score (nSPS) is 21.6. The number of halogens is 3. The number of amides is 2. The predicted octanol–water partition coefficient (Wildman–Crippen LogP) is 1.31. The van der Waals surface area contributed by atoms with Gasteiger partial charge < -0.3 is 10.6 Å². The van der Waals surface area contributed by atoms with Crippen LogP contribution in [0.2, 0.25) is 0 Å². The fourth-order valence-electron chi connectivity index (χ4n) is 2.28. The van der Waals surface area contributed by atoms with Gasteiger partial charge in [0.2, 0.25) is 22.0 Å². The number of alkyl halides is 3. The number of rotatable bonds is 6.